The Kier molecular flexibility index (Phi) is 7.71. The zero-order chi connectivity index (χ0) is 26.0. The number of nitrogens with zero attached hydrogens (tertiary/aromatic N) is 4. The van der Waals surface area contributed by atoms with Crippen molar-refractivity contribution in [3.63, 3.8) is 0 Å². The first kappa shape index (κ1) is 26.4. The van der Waals surface area contributed by atoms with Crippen molar-refractivity contribution in [2.75, 3.05) is 16.3 Å². The van der Waals surface area contributed by atoms with Crippen LogP contribution in [0.2, 0.25) is 5.02 Å². The average Bonchev–Trinajstić information content (AvgIpc) is 3.24. The first-order chi connectivity index (χ1) is 16.2. The summed E-state index contributed by atoms with van der Waals surface area (Å²) in [6, 6.07) is 1.82. The standard InChI is InChI=1S/C19H16ClF3N6O4S2/c1-9(3-13(30)12-5-16(27-8-26-12)29-35(2,32)33)18-25-7-14(34-18)17(31)28-15-4-10(19(21,22)23)11(20)6-24-15/h4-9H,3H2,1-2H3,(H,24,28,31)(H,26,27,29). The van der Waals surface area contributed by atoms with Crippen molar-refractivity contribution in [2.24, 2.45) is 0 Å². The molecule has 1 amide bonds. The van der Waals surface area contributed by atoms with E-state index in [2.05, 4.69) is 30.0 Å². The molecular formula is C19H16ClF3N6O4S2. The van der Waals surface area contributed by atoms with E-state index in [1.807, 2.05) is 0 Å². The molecule has 3 rings (SSSR count). The van der Waals surface area contributed by atoms with E-state index >= 15 is 0 Å². The predicted octanol–water partition coefficient (Wildman–Crippen LogP) is 4.00. The fourth-order valence-electron chi connectivity index (χ4n) is 2.75. The second kappa shape index (κ2) is 10.2. The van der Waals surface area contributed by atoms with Crippen LogP contribution in [0, 0.1) is 0 Å². The minimum Gasteiger partial charge on any atom is -0.306 e. The summed E-state index contributed by atoms with van der Waals surface area (Å²) in [7, 11) is -3.59. The normalized spacial score (nSPS) is 12.7. The van der Waals surface area contributed by atoms with Crippen molar-refractivity contribution in [3.8, 4) is 0 Å². The van der Waals surface area contributed by atoms with Crippen molar-refractivity contribution in [1.29, 1.82) is 0 Å². The number of amides is 1. The van der Waals surface area contributed by atoms with Crippen LogP contribution in [0.15, 0.2) is 30.9 Å². The van der Waals surface area contributed by atoms with Gasteiger partial charge in [0.1, 0.15) is 28.5 Å². The van der Waals surface area contributed by atoms with E-state index in [-0.39, 0.29) is 28.6 Å². The van der Waals surface area contributed by atoms with E-state index in [4.69, 9.17) is 11.6 Å². The number of hydrogen-bond donors (Lipinski definition) is 2. The van der Waals surface area contributed by atoms with Crippen LogP contribution in [0.25, 0.3) is 0 Å². The zero-order valence-corrected chi connectivity index (χ0v) is 20.3. The number of carbonyl (C=O) groups is 2. The highest BCUT2D eigenvalue weighted by atomic mass is 35.5. The van der Waals surface area contributed by atoms with Gasteiger partial charge in [0.25, 0.3) is 5.91 Å². The van der Waals surface area contributed by atoms with Crippen LogP contribution in [0.5, 0.6) is 0 Å². The van der Waals surface area contributed by atoms with E-state index in [1.54, 1.807) is 6.92 Å². The predicted molar refractivity (Wildman–Crippen MR) is 122 cm³/mol. The SMILES string of the molecule is CC(CC(=O)c1cc(NS(C)(=O)=O)ncn1)c1ncc(C(=O)Nc2cc(C(F)(F)F)c(Cl)cn2)s1. The number of rotatable bonds is 8. The van der Waals surface area contributed by atoms with Crippen LogP contribution in [-0.4, -0.2) is 46.3 Å². The maximum atomic E-state index is 13.0. The molecule has 0 aliphatic rings. The average molecular weight is 549 g/mol. The summed E-state index contributed by atoms with van der Waals surface area (Å²) in [6.07, 6.45) is -0.771. The van der Waals surface area contributed by atoms with Crippen molar-refractivity contribution in [1.82, 2.24) is 19.9 Å². The maximum absolute atomic E-state index is 13.0. The van der Waals surface area contributed by atoms with Crippen molar-refractivity contribution in [2.45, 2.75) is 25.4 Å². The van der Waals surface area contributed by atoms with Gasteiger partial charge in [0, 0.05) is 24.6 Å². The number of hydrogen-bond acceptors (Lipinski definition) is 9. The van der Waals surface area contributed by atoms with Crippen molar-refractivity contribution in [3.05, 3.63) is 57.0 Å². The van der Waals surface area contributed by atoms with Crippen LogP contribution in [0.1, 0.15) is 50.0 Å². The molecule has 1 unspecified atom stereocenters. The Hall–Kier alpha value is -3.17. The topological polar surface area (TPSA) is 144 Å². The molecule has 0 saturated carbocycles. The second-order valence-corrected chi connectivity index (χ2v) is 10.5. The Balaban J connectivity index is 1.68. The zero-order valence-electron chi connectivity index (χ0n) is 17.9. The van der Waals surface area contributed by atoms with E-state index in [1.165, 1.54) is 12.3 Å². The number of sulfonamides is 1. The number of alkyl halides is 3. The lowest BCUT2D eigenvalue weighted by Gasteiger charge is -2.10. The summed E-state index contributed by atoms with van der Waals surface area (Å²) in [5, 5.41) is 2.09. The van der Waals surface area contributed by atoms with Crippen molar-refractivity contribution >= 4 is 56.3 Å². The number of anilines is 2. The monoisotopic (exact) mass is 548 g/mol. The third-order valence-corrected chi connectivity index (χ3v) is 6.41. The van der Waals surface area contributed by atoms with Crippen LogP contribution < -0.4 is 10.0 Å². The molecule has 35 heavy (non-hydrogen) atoms. The van der Waals surface area contributed by atoms with Gasteiger partial charge in [-0.2, -0.15) is 13.2 Å². The molecule has 0 spiro atoms. The number of pyridine rings is 1. The van der Waals surface area contributed by atoms with Gasteiger partial charge in [-0.1, -0.05) is 18.5 Å². The third-order valence-electron chi connectivity index (χ3n) is 4.31. The van der Waals surface area contributed by atoms with Gasteiger partial charge in [-0.3, -0.25) is 14.3 Å². The number of ketones is 1. The highest BCUT2D eigenvalue weighted by Crippen LogP contribution is 2.35. The second-order valence-electron chi connectivity index (χ2n) is 7.26. The molecule has 10 nitrogen and oxygen atoms in total. The van der Waals surface area contributed by atoms with Crippen molar-refractivity contribution < 1.29 is 31.2 Å². The molecule has 1 atom stereocenters. The molecule has 0 aliphatic heterocycles. The molecule has 0 fully saturated rings. The summed E-state index contributed by atoms with van der Waals surface area (Å²) in [4.78, 5) is 40.5. The lowest BCUT2D eigenvalue weighted by atomic mass is 10.0. The van der Waals surface area contributed by atoms with E-state index in [0.29, 0.717) is 11.1 Å². The highest BCUT2D eigenvalue weighted by molar-refractivity contribution is 7.92. The van der Waals surface area contributed by atoms with Crippen LogP contribution in [0.4, 0.5) is 24.8 Å². The van der Waals surface area contributed by atoms with E-state index in [0.717, 1.165) is 30.1 Å². The van der Waals surface area contributed by atoms with Gasteiger partial charge < -0.3 is 5.32 Å². The van der Waals surface area contributed by atoms with E-state index < -0.39 is 44.4 Å². The Morgan fingerprint density at radius 3 is 2.49 bits per heavy atom. The minimum atomic E-state index is -4.72. The molecule has 2 N–H and O–H groups in total. The van der Waals surface area contributed by atoms with Crippen LogP contribution >= 0.6 is 22.9 Å². The molecule has 0 aliphatic carbocycles. The summed E-state index contributed by atoms with van der Waals surface area (Å²) in [5.41, 5.74) is -1.15. The first-order valence-corrected chi connectivity index (χ1v) is 12.6. The quantitative estimate of drug-likeness (QED) is 0.402. The molecule has 0 radical (unpaired) electrons. The molecule has 0 bridgehead atoms. The molecule has 0 aromatic carbocycles. The molecule has 16 heteroatoms. The van der Waals surface area contributed by atoms with Gasteiger partial charge in [-0.05, 0) is 6.07 Å². The molecule has 0 saturated heterocycles. The lowest BCUT2D eigenvalue weighted by Crippen LogP contribution is -2.13. The van der Waals surface area contributed by atoms with Gasteiger partial charge in [-0.15, -0.1) is 11.3 Å². The number of nitrogens with one attached hydrogen (secondary N) is 2. The first-order valence-electron chi connectivity index (χ1n) is 9.56. The van der Waals surface area contributed by atoms with Gasteiger partial charge in [-0.25, -0.2) is 28.4 Å². The summed E-state index contributed by atoms with van der Waals surface area (Å²) in [6.45, 7) is 1.69. The Morgan fingerprint density at radius 2 is 1.83 bits per heavy atom. The maximum Gasteiger partial charge on any atom is 0.418 e. The minimum absolute atomic E-state index is 0.0122. The number of aromatic nitrogens is 4. The molecule has 3 aromatic heterocycles. The van der Waals surface area contributed by atoms with Crippen LogP contribution in [0.3, 0.4) is 0 Å². The highest BCUT2D eigenvalue weighted by Gasteiger charge is 2.34. The van der Waals surface area contributed by atoms with Crippen LogP contribution in [-0.2, 0) is 16.2 Å². The molecule has 186 valence electrons. The number of carbonyl (C=O) groups excluding carboxylic acids is 2. The van der Waals surface area contributed by atoms with Gasteiger partial charge >= 0.3 is 6.18 Å². The lowest BCUT2D eigenvalue weighted by molar-refractivity contribution is -0.137. The smallest absolute Gasteiger partial charge is 0.306 e. The Morgan fingerprint density at radius 1 is 1.11 bits per heavy atom. The third kappa shape index (κ3) is 7.16. The van der Waals surface area contributed by atoms with Gasteiger partial charge in [0.05, 0.1) is 28.0 Å². The summed E-state index contributed by atoms with van der Waals surface area (Å²) < 4.78 is 63.8. The number of thiazole rings is 1. The fraction of sp³-hybridized carbons (Fsp3) is 0.263. The van der Waals surface area contributed by atoms with Gasteiger partial charge in [0.2, 0.25) is 10.0 Å². The number of Topliss-reactive ketones (excluding diaryl/α,β-unsaturated/α-hetero) is 1. The van der Waals surface area contributed by atoms with Gasteiger partial charge in [0.15, 0.2) is 5.78 Å². The number of halogens is 4. The Labute approximate surface area is 206 Å². The Bertz CT molecular complexity index is 1380. The largest absolute Gasteiger partial charge is 0.418 e. The summed E-state index contributed by atoms with van der Waals surface area (Å²) in [5.74, 6) is -1.99. The fourth-order valence-corrected chi connectivity index (χ4v) is 4.31. The molecule has 3 heterocycles. The molecular weight excluding hydrogens is 533 g/mol. The van der Waals surface area contributed by atoms with E-state index in [9.17, 15) is 31.2 Å². The summed E-state index contributed by atoms with van der Waals surface area (Å²) >= 11 is 6.48. The molecule has 3 aromatic rings.